The number of thiophene rings is 1. The first-order valence-electron chi connectivity index (χ1n) is 8.66. The topological polar surface area (TPSA) is 64.0 Å². The number of hydrogen-bond acceptors (Lipinski definition) is 4. The maximum atomic E-state index is 12.8. The molecular weight excluding hydrogens is 394 g/mol. The number of nitrogens with zero attached hydrogens (tertiary/aromatic N) is 2. The minimum Gasteiger partial charge on any atom is -0.350 e. The van der Waals surface area contributed by atoms with Gasteiger partial charge in [-0.3, -0.25) is 14.2 Å². The molecule has 0 bridgehead atoms. The number of hydrogen-bond donors (Lipinski definition) is 1. The van der Waals surface area contributed by atoms with Gasteiger partial charge in [0.25, 0.3) is 5.56 Å². The summed E-state index contributed by atoms with van der Waals surface area (Å²) in [6.07, 6.45) is 1.43. The Hall–Kier alpha value is -2.96. The first kappa shape index (κ1) is 18.4. The Kier molecular flexibility index (Phi) is 5.23. The number of nitrogens with one attached hydrogen (secondary N) is 1. The lowest BCUT2D eigenvalue weighted by molar-refractivity contribution is -0.121. The van der Waals surface area contributed by atoms with Gasteiger partial charge in [0.15, 0.2) is 0 Å². The van der Waals surface area contributed by atoms with Crippen LogP contribution in [0, 0.1) is 0 Å². The van der Waals surface area contributed by atoms with Crippen LogP contribution in [0.5, 0.6) is 0 Å². The molecule has 0 aliphatic carbocycles. The fraction of sp³-hybridized carbons (Fsp3) is 0.0952. The van der Waals surface area contributed by atoms with Crippen LogP contribution >= 0.6 is 22.9 Å². The van der Waals surface area contributed by atoms with Crippen molar-refractivity contribution < 1.29 is 4.79 Å². The van der Waals surface area contributed by atoms with Crippen LogP contribution in [0.25, 0.3) is 20.7 Å². The predicted octanol–water partition coefficient (Wildman–Crippen LogP) is 4.09. The van der Waals surface area contributed by atoms with Gasteiger partial charge >= 0.3 is 0 Å². The van der Waals surface area contributed by atoms with E-state index >= 15 is 0 Å². The smallest absolute Gasteiger partial charge is 0.262 e. The largest absolute Gasteiger partial charge is 0.350 e. The van der Waals surface area contributed by atoms with E-state index in [1.54, 1.807) is 12.1 Å². The van der Waals surface area contributed by atoms with E-state index in [0.29, 0.717) is 21.8 Å². The summed E-state index contributed by atoms with van der Waals surface area (Å²) < 4.78 is 1.33. The van der Waals surface area contributed by atoms with Crippen LogP contribution in [0.2, 0.25) is 5.02 Å². The van der Waals surface area contributed by atoms with E-state index in [1.807, 2.05) is 48.5 Å². The molecule has 0 unspecified atom stereocenters. The zero-order valence-electron chi connectivity index (χ0n) is 14.8. The Morgan fingerprint density at radius 3 is 2.71 bits per heavy atom. The SMILES string of the molecule is O=C(Cn1cnc2sc(-c3ccccc3)cc2c1=O)NCc1cccc(Cl)c1. The van der Waals surface area contributed by atoms with Gasteiger partial charge in [-0.15, -0.1) is 11.3 Å². The van der Waals surface area contributed by atoms with Gasteiger partial charge in [-0.2, -0.15) is 0 Å². The second kappa shape index (κ2) is 7.96. The van der Waals surface area contributed by atoms with Crippen molar-refractivity contribution in [2.45, 2.75) is 13.1 Å². The standard InChI is InChI=1S/C21H16ClN3O2S/c22-16-8-4-5-14(9-16)11-23-19(26)12-25-13-24-20-17(21(25)27)10-18(28-20)15-6-2-1-3-7-15/h1-10,13H,11-12H2,(H,23,26). The Labute approximate surface area is 170 Å². The molecule has 28 heavy (non-hydrogen) atoms. The molecule has 0 aliphatic heterocycles. The third-order valence-electron chi connectivity index (χ3n) is 4.27. The Morgan fingerprint density at radius 1 is 1.11 bits per heavy atom. The van der Waals surface area contributed by atoms with Crippen LogP contribution in [0.3, 0.4) is 0 Å². The van der Waals surface area contributed by atoms with Crippen LogP contribution in [0.15, 0.2) is 71.8 Å². The maximum Gasteiger partial charge on any atom is 0.262 e. The molecule has 0 fully saturated rings. The number of benzene rings is 2. The van der Waals surface area contributed by atoms with Crippen molar-refractivity contribution in [2.75, 3.05) is 0 Å². The lowest BCUT2D eigenvalue weighted by Crippen LogP contribution is -2.32. The molecule has 0 saturated heterocycles. The van der Waals surface area contributed by atoms with Crippen molar-refractivity contribution in [3.8, 4) is 10.4 Å². The molecule has 7 heteroatoms. The summed E-state index contributed by atoms with van der Waals surface area (Å²) in [4.78, 5) is 31.0. The lowest BCUT2D eigenvalue weighted by atomic mass is 10.2. The van der Waals surface area contributed by atoms with Crippen LogP contribution < -0.4 is 10.9 Å². The van der Waals surface area contributed by atoms with E-state index in [4.69, 9.17) is 11.6 Å². The van der Waals surface area contributed by atoms with E-state index < -0.39 is 0 Å². The fourth-order valence-electron chi connectivity index (χ4n) is 2.88. The Bertz CT molecular complexity index is 1200. The average Bonchev–Trinajstić information content (AvgIpc) is 3.15. The van der Waals surface area contributed by atoms with Crippen LogP contribution in [-0.4, -0.2) is 15.5 Å². The van der Waals surface area contributed by atoms with E-state index in [0.717, 1.165) is 16.0 Å². The first-order valence-corrected chi connectivity index (χ1v) is 9.85. The Balaban J connectivity index is 1.51. The molecule has 0 saturated carbocycles. The Morgan fingerprint density at radius 2 is 1.93 bits per heavy atom. The highest BCUT2D eigenvalue weighted by molar-refractivity contribution is 7.21. The summed E-state index contributed by atoms with van der Waals surface area (Å²) in [5.41, 5.74) is 1.71. The van der Waals surface area contributed by atoms with Crippen molar-refractivity contribution in [2.24, 2.45) is 0 Å². The zero-order valence-corrected chi connectivity index (χ0v) is 16.3. The van der Waals surface area contributed by atoms with Gasteiger partial charge in [-0.05, 0) is 29.3 Å². The van der Waals surface area contributed by atoms with Crippen molar-refractivity contribution in [3.63, 3.8) is 0 Å². The monoisotopic (exact) mass is 409 g/mol. The van der Waals surface area contributed by atoms with Gasteiger partial charge in [-0.25, -0.2) is 4.98 Å². The molecule has 1 amide bonds. The summed E-state index contributed by atoms with van der Waals surface area (Å²) in [6.45, 7) is 0.263. The third kappa shape index (κ3) is 3.98. The van der Waals surface area contributed by atoms with Crippen molar-refractivity contribution in [1.29, 1.82) is 0 Å². The van der Waals surface area contributed by atoms with Crippen molar-refractivity contribution in [3.05, 3.63) is 87.9 Å². The number of amides is 1. The van der Waals surface area contributed by atoms with Gasteiger partial charge in [0.1, 0.15) is 11.4 Å². The van der Waals surface area contributed by atoms with E-state index in [1.165, 1.54) is 22.2 Å². The predicted molar refractivity (Wildman–Crippen MR) is 113 cm³/mol. The van der Waals surface area contributed by atoms with Crippen molar-refractivity contribution in [1.82, 2.24) is 14.9 Å². The van der Waals surface area contributed by atoms with Gasteiger partial charge in [0, 0.05) is 16.4 Å². The van der Waals surface area contributed by atoms with Crippen molar-refractivity contribution >= 4 is 39.1 Å². The highest BCUT2D eigenvalue weighted by Crippen LogP contribution is 2.30. The van der Waals surface area contributed by atoms with Gasteiger partial charge in [-0.1, -0.05) is 54.1 Å². The number of halogens is 1. The minimum atomic E-state index is -0.262. The zero-order chi connectivity index (χ0) is 19.5. The minimum absolute atomic E-state index is 0.0845. The molecule has 2 heterocycles. The molecule has 4 rings (SSSR count). The van der Waals surface area contributed by atoms with E-state index in [2.05, 4.69) is 10.3 Å². The van der Waals surface area contributed by atoms with E-state index in [9.17, 15) is 9.59 Å². The molecule has 0 aliphatic rings. The fourth-order valence-corrected chi connectivity index (χ4v) is 4.08. The quantitative estimate of drug-likeness (QED) is 0.539. The highest BCUT2D eigenvalue weighted by Gasteiger charge is 2.12. The molecular formula is C21H16ClN3O2S. The molecule has 5 nitrogen and oxygen atoms in total. The molecule has 0 atom stereocenters. The number of carbonyl (C=O) groups excluding carboxylic acids is 1. The van der Waals surface area contributed by atoms with Crippen LogP contribution in [0.1, 0.15) is 5.56 Å². The number of aromatic nitrogens is 2. The molecule has 0 radical (unpaired) electrons. The summed E-state index contributed by atoms with van der Waals surface area (Å²) >= 11 is 7.41. The first-order chi connectivity index (χ1) is 13.6. The van der Waals surface area contributed by atoms with Crippen LogP contribution in [-0.2, 0) is 17.9 Å². The third-order valence-corrected chi connectivity index (χ3v) is 5.60. The van der Waals surface area contributed by atoms with Crippen LogP contribution in [0.4, 0.5) is 0 Å². The molecule has 2 aromatic carbocycles. The molecule has 140 valence electrons. The van der Waals surface area contributed by atoms with E-state index in [-0.39, 0.29) is 18.0 Å². The summed E-state index contributed by atoms with van der Waals surface area (Å²) in [5.74, 6) is -0.262. The van der Waals surface area contributed by atoms with Gasteiger partial charge in [0.05, 0.1) is 11.7 Å². The average molecular weight is 410 g/mol. The normalized spacial score (nSPS) is 10.9. The van der Waals surface area contributed by atoms with Gasteiger partial charge < -0.3 is 5.32 Å². The van der Waals surface area contributed by atoms with Gasteiger partial charge in [0.2, 0.25) is 5.91 Å². The molecule has 1 N–H and O–H groups in total. The molecule has 4 aromatic rings. The maximum absolute atomic E-state index is 12.8. The highest BCUT2D eigenvalue weighted by atomic mass is 35.5. The summed E-state index contributed by atoms with van der Waals surface area (Å²) in [5, 5.41) is 3.94. The number of fused-ring (bicyclic) bond motifs is 1. The second-order valence-corrected chi connectivity index (χ2v) is 7.75. The molecule has 2 aromatic heterocycles. The molecule has 0 spiro atoms. The summed E-state index contributed by atoms with van der Waals surface area (Å²) in [6, 6.07) is 18.9. The number of rotatable bonds is 5. The second-order valence-electron chi connectivity index (χ2n) is 6.28. The lowest BCUT2D eigenvalue weighted by Gasteiger charge is -2.07. The summed E-state index contributed by atoms with van der Waals surface area (Å²) in [7, 11) is 0. The number of carbonyl (C=O) groups is 1.